The SMILES string of the molecule is CC(C)CCCNC(=O)c1cc(F)ccc1F. The number of carbonyl (C=O) groups is 1. The number of nitrogens with one attached hydrogen (secondary N) is 1. The molecule has 1 rings (SSSR count). The Morgan fingerprint density at radius 3 is 2.71 bits per heavy atom. The molecule has 0 aliphatic heterocycles. The van der Waals surface area contributed by atoms with Crippen LogP contribution < -0.4 is 5.32 Å². The van der Waals surface area contributed by atoms with Crippen molar-refractivity contribution in [1.82, 2.24) is 5.32 Å². The van der Waals surface area contributed by atoms with Crippen LogP contribution in [0.4, 0.5) is 8.78 Å². The lowest BCUT2D eigenvalue weighted by atomic mass is 10.1. The van der Waals surface area contributed by atoms with Gasteiger partial charge in [0, 0.05) is 6.54 Å². The van der Waals surface area contributed by atoms with Crippen LogP contribution in [0, 0.1) is 17.6 Å². The molecule has 1 aromatic rings. The van der Waals surface area contributed by atoms with E-state index < -0.39 is 17.5 Å². The molecular formula is C13H17F2NO. The number of hydrogen-bond acceptors (Lipinski definition) is 1. The predicted molar refractivity (Wildman–Crippen MR) is 62.8 cm³/mol. The van der Waals surface area contributed by atoms with Gasteiger partial charge in [-0.2, -0.15) is 0 Å². The highest BCUT2D eigenvalue weighted by Crippen LogP contribution is 2.09. The van der Waals surface area contributed by atoms with E-state index in [2.05, 4.69) is 19.2 Å². The van der Waals surface area contributed by atoms with Crippen molar-refractivity contribution < 1.29 is 13.6 Å². The molecule has 2 nitrogen and oxygen atoms in total. The van der Waals surface area contributed by atoms with Crippen LogP contribution in [0.1, 0.15) is 37.0 Å². The molecule has 0 atom stereocenters. The molecule has 0 saturated carbocycles. The van der Waals surface area contributed by atoms with Gasteiger partial charge in [-0.15, -0.1) is 0 Å². The summed E-state index contributed by atoms with van der Waals surface area (Å²) in [7, 11) is 0. The first-order valence-electron chi connectivity index (χ1n) is 5.74. The molecule has 94 valence electrons. The Balaban J connectivity index is 2.49. The maximum absolute atomic E-state index is 13.2. The highest BCUT2D eigenvalue weighted by molar-refractivity contribution is 5.94. The molecule has 1 amide bonds. The van der Waals surface area contributed by atoms with Crippen molar-refractivity contribution in [2.45, 2.75) is 26.7 Å². The van der Waals surface area contributed by atoms with E-state index in [-0.39, 0.29) is 5.56 Å². The predicted octanol–water partition coefficient (Wildman–Crippen LogP) is 3.13. The molecule has 0 bridgehead atoms. The second-order valence-corrected chi connectivity index (χ2v) is 4.42. The molecule has 17 heavy (non-hydrogen) atoms. The van der Waals surface area contributed by atoms with E-state index in [0.717, 1.165) is 31.0 Å². The van der Waals surface area contributed by atoms with Crippen LogP contribution in [-0.4, -0.2) is 12.5 Å². The topological polar surface area (TPSA) is 29.1 Å². The standard InChI is InChI=1S/C13H17F2NO/c1-9(2)4-3-7-16-13(17)11-8-10(14)5-6-12(11)15/h5-6,8-9H,3-4,7H2,1-2H3,(H,16,17). The number of halogens is 2. The highest BCUT2D eigenvalue weighted by Gasteiger charge is 2.11. The molecule has 0 aliphatic rings. The highest BCUT2D eigenvalue weighted by atomic mass is 19.1. The lowest BCUT2D eigenvalue weighted by molar-refractivity contribution is 0.0948. The molecule has 1 aromatic carbocycles. The van der Waals surface area contributed by atoms with Gasteiger partial charge in [0.1, 0.15) is 11.6 Å². The van der Waals surface area contributed by atoms with Gasteiger partial charge < -0.3 is 5.32 Å². The van der Waals surface area contributed by atoms with Crippen molar-refractivity contribution in [3.8, 4) is 0 Å². The third-order valence-corrected chi connectivity index (χ3v) is 2.42. The average molecular weight is 241 g/mol. The third-order valence-electron chi connectivity index (χ3n) is 2.42. The third kappa shape index (κ3) is 4.51. The summed E-state index contributed by atoms with van der Waals surface area (Å²) in [6, 6.07) is 2.86. The monoisotopic (exact) mass is 241 g/mol. The minimum absolute atomic E-state index is 0.241. The molecule has 1 N–H and O–H groups in total. The van der Waals surface area contributed by atoms with Gasteiger partial charge in [-0.1, -0.05) is 13.8 Å². The molecule has 0 fully saturated rings. The van der Waals surface area contributed by atoms with Crippen LogP contribution in [0.15, 0.2) is 18.2 Å². The van der Waals surface area contributed by atoms with Crippen molar-refractivity contribution in [3.05, 3.63) is 35.4 Å². The van der Waals surface area contributed by atoms with Crippen LogP contribution in [-0.2, 0) is 0 Å². The van der Waals surface area contributed by atoms with E-state index in [1.54, 1.807) is 0 Å². The molecule has 0 heterocycles. The molecular weight excluding hydrogens is 224 g/mol. The Hall–Kier alpha value is -1.45. The summed E-state index contributed by atoms with van der Waals surface area (Å²) in [4.78, 5) is 11.5. The van der Waals surface area contributed by atoms with Crippen molar-refractivity contribution in [2.24, 2.45) is 5.92 Å². The Bertz CT molecular complexity index is 391. The molecule has 0 spiro atoms. The quantitative estimate of drug-likeness (QED) is 0.788. The van der Waals surface area contributed by atoms with Gasteiger partial charge in [-0.05, 0) is 37.0 Å². The van der Waals surface area contributed by atoms with Crippen molar-refractivity contribution in [2.75, 3.05) is 6.54 Å². The zero-order valence-corrected chi connectivity index (χ0v) is 10.1. The number of hydrogen-bond donors (Lipinski definition) is 1. The zero-order valence-electron chi connectivity index (χ0n) is 10.1. The van der Waals surface area contributed by atoms with E-state index in [1.807, 2.05) is 0 Å². The fourth-order valence-corrected chi connectivity index (χ4v) is 1.48. The maximum Gasteiger partial charge on any atom is 0.254 e. The van der Waals surface area contributed by atoms with E-state index in [1.165, 1.54) is 0 Å². The number of amides is 1. The fraction of sp³-hybridized carbons (Fsp3) is 0.462. The normalized spacial score (nSPS) is 10.6. The Morgan fingerprint density at radius 2 is 2.06 bits per heavy atom. The first-order chi connectivity index (χ1) is 8.00. The van der Waals surface area contributed by atoms with Crippen LogP contribution in [0.5, 0.6) is 0 Å². The van der Waals surface area contributed by atoms with Gasteiger partial charge in [-0.3, -0.25) is 4.79 Å². The Labute approximate surface area is 100 Å². The van der Waals surface area contributed by atoms with Gasteiger partial charge in [0.2, 0.25) is 0 Å². The van der Waals surface area contributed by atoms with Crippen molar-refractivity contribution in [1.29, 1.82) is 0 Å². The van der Waals surface area contributed by atoms with Gasteiger partial charge in [-0.25, -0.2) is 8.78 Å². The second-order valence-electron chi connectivity index (χ2n) is 4.42. The number of benzene rings is 1. The first-order valence-corrected chi connectivity index (χ1v) is 5.74. The molecule has 0 unspecified atom stereocenters. The van der Waals surface area contributed by atoms with E-state index in [0.29, 0.717) is 12.5 Å². The molecule has 4 heteroatoms. The smallest absolute Gasteiger partial charge is 0.254 e. The molecule has 0 aliphatic carbocycles. The van der Waals surface area contributed by atoms with Crippen LogP contribution in [0.25, 0.3) is 0 Å². The fourth-order valence-electron chi connectivity index (χ4n) is 1.48. The summed E-state index contributed by atoms with van der Waals surface area (Å²) in [6.07, 6.45) is 1.83. The average Bonchev–Trinajstić information content (AvgIpc) is 2.27. The summed E-state index contributed by atoms with van der Waals surface area (Å²) in [5.74, 6) is -1.31. The second kappa shape index (κ2) is 6.33. The van der Waals surface area contributed by atoms with Gasteiger partial charge in [0.15, 0.2) is 0 Å². The summed E-state index contributed by atoms with van der Waals surface area (Å²) in [6.45, 7) is 4.66. The summed E-state index contributed by atoms with van der Waals surface area (Å²) >= 11 is 0. The van der Waals surface area contributed by atoms with Crippen LogP contribution in [0.2, 0.25) is 0 Å². The van der Waals surface area contributed by atoms with Crippen molar-refractivity contribution >= 4 is 5.91 Å². The first kappa shape index (κ1) is 13.6. The molecule has 0 radical (unpaired) electrons. The molecule has 0 aromatic heterocycles. The summed E-state index contributed by atoms with van der Waals surface area (Å²) in [5, 5.41) is 2.58. The summed E-state index contributed by atoms with van der Waals surface area (Å²) < 4.78 is 26.1. The maximum atomic E-state index is 13.2. The van der Waals surface area contributed by atoms with Crippen LogP contribution >= 0.6 is 0 Å². The van der Waals surface area contributed by atoms with Crippen molar-refractivity contribution in [3.63, 3.8) is 0 Å². The minimum atomic E-state index is -0.701. The van der Waals surface area contributed by atoms with E-state index in [4.69, 9.17) is 0 Å². The van der Waals surface area contributed by atoms with E-state index >= 15 is 0 Å². The van der Waals surface area contributed by atoms with Crippen LogP contribution in [0.3, 0.4) is 0 Å². The van der Waals surface area contributed by atoms with Gasteiger partial charge >= 0.3 is 0 Å². The number of rotatable bonds is 5. The lowest BCUT2D eigenvalue weighted by Gasteiger charge is -2.07. The summed E-state index contributed by atoms with van der Waals surface area (Å²) in [5.41, 5.74) is -0.241. The zero-order chi connectivity index (χ0) is 12.8. The Morgan fingerprint density at radius 1 is 1.35 bits per heavy atom. The Kier molecular flexibility index (Phi) is 5.07. The van der Waals surface area contributed by atoms with E-state index in [9.17, 15) is 13.6 Å². The van der Waals surface area contributed by atoms with Gasteiger partial charge in [0.05, 0.1) is 5.56 Å². The largest absolute Gasteiger partial charge is 0.352 e. The molecule has 0 saturated heterocycles. The van der Waals surface area contributed by atoms with Gasteiger partial charge in [0.25, 0.3) is 5.91 Å². The number of carbonyl (C=O) groups excluding carboxylic acids is 1. The lowest BCUT2D eigenvalue weighted by Crippen LogP contribution is -2.25. The minimum Gasteiger partial charge on any atom is -0.352 e.